The van der Waals surface area contributed by atoms with Crippen LogP contribution in [0, 0.1) is 29.6 Å². The molecular weight excluding hydrogens is 755 g/mol. The van der Waals surface area contributed by atoms with E-state index in [1.807, 2.05) is 60.7 Å². The summed E-state index contributed by atoms with van der Waals surface area (Å²) in [6.07, 6.45) is 9.05. The molecule has 1 saturated carbocycles. The van der Waals surface area contributed by atoms with Crippen LogP contribution in [0.3, 0.4) is 0 Å². The summed E-state index contributed by atoms with van der Waals surface area (Å²) in [5.74, 6) is 5.69. The first kappa shape index (κ1) is 40.4. The largest absolute Gasteiger partial charge is 0.508 e. The van der Waals surface area contributed by atoms with Gasteiger partial charge in [0.2, 0.25) is 5.72 Å². The number of benzene rings is 3. The van der Waals surface area contributed by atoms with E-state index in [0.29, 0.717) is 74.7 Å². The van der Waals surface area contributed by atoms with E-state index in [0.717, 1.165) is 41.5 Å². The Kier molecular flexibility index (Phi) is 11.4. The Morgan fingerprint density at radius 3 is 2.43 bits per heavy atom. The van der Waals surface area contributed by atoms with Crippen molar-refractivity contribution < 1.29 is 37.8 Å². The van der Waals surface area contributed by atoms with Crippen molar-refractivity contribution in [1.82, 2.24) is 0 Å². The van der Waals surface area contributed by atoms with Crippen LogP contribution in [-0.4, -0.2) is 57.8 Å². The summed E-state index contributed by atoms with van der Waals surface area (Å²) >= 11 is 0. The molecule has 308 valence electrons. The van der Waals surface area contributed by atoms with Gasteiger partial charge in [0.25, 0.3) is 10.1 Å². The molecule has 2 aliphatic carbocycles. The molecule has 3 aromatic rings. The molecule has 12 heteroatoms. The van der Waals surface area contributed by atoms with E-state index in [1.165, 1.54) is 0 Å². The molecule has 0 aromatic heterocycles. The van der Waals surface area contributed by atoms with Crippen LogP contribution in [0.5, 0.6) is 11.5 Å². The normalized spacial score (nSPS) is 30.3. The predicted octanol–water partition coefficient (Wildman–Crippen LogP) is 6.51. The van der Waals surface area contributed by atoms with Crippen LogP contribution in [0.25, 0.3) is 0 Å². The minimum Gasteiger partial charge on any atom is -0.508 e. The van der Waals surface area contributed by atoms with Crippen molar-refractivity contribution >= 4 is 16.1 Å². The molecule has 8 N–H and O–H groups in total. The maximum atomic E-state index is 13.7. The van der Waals surface area contributed by atoms with E-state index in [1.54, 1.807) is 12.1 Å². The lowest BCUT2D eigenvalue weighted by Crippen LogP contribution is -2.40. The summed E-state index contributed by atoms with van der Waals surface area (Å²) in [7, 11) is -4.57. The van der Waals surface area contributed by atoms with Gasteiger partial charge in [-0.05, 0) is 110 Å². The van der Waals surface area contributed by atoms with Crippen molar-refractivity contribution in [3.05, 3.63) is 106 Å². The number of rotatable bonds is 6. The molecule has 1 saturated heterocycles. The van der Waals surface area contributed by atoms with Crippen molar-refractivity contribution in [3.63, 3.8) is 0 Å². The van der Waals surface area contributed by atoms with Gasteiger partial charge in [-0.25, -0.2) is 4.99 Å². The highest BCUT2D eigenvalue weighted by molar-refractivity contribution is 7.86. The van der Waals surface area contributed by atoms with Crippen LogP contribution in [0.1, 0.15) is 117 Å². The first-order valence-corrected chi connectivity index (χ1v) is 22.3. The fourth-order valence-electron chi connectivity index (χ4n) is 10.5. The number of aromatic hydroxyl groups is 1. The molecule has 58 heavy (non-hydrogen) atoms. The Balaban J connectivity index is 1.28. The number of hydrogen-bond donors (Lipinski definition) is 6. The molecule has 8 aliphatic rings. The Morgan fingerprint density at radius 2 is 1.72 bits per heavy atom. The third-order valence-electron chi connectivity index (χ3n) is 13.4. The van der Waals surface area contributed by atoms with Gasteiger partial charge in [0.1, 0.15) is 17.6 Å². The first-order chi connectivity index (χ1) is 27.8. The van der Waals surface area contributed by atoms with Gasteiger partial charge in [-0.3, -0.25) is 4.55 Å². The fraction of sp³-hybridized carbons (Fsp3) is 0.500. The lowest BCUT2D eigenvalue weighted by Gasteiger charge is -2.41. The summed E-state index contributed by atoms with van der Waals surface area (Å²) in [6.45, 7) is -0.0598. The van der Waals surface area contributed by atoms with Gasteiger partial charge in [0.05, 0.1) is 17.0 Å². The van der Waals surface area contributed by atoms with E-state index in [4.69, 9.17) is 25.9 Å². The highest BCUT2D eigenvalue weighted by atomic mass is 32.2. The zero-order valence-corrected chi connectivity index (χ0v) is 33.6. The quantitative estimate of drug-likeness (QED) is 0.0525. The minimum atomic E-state index is -4.57. The average Bonchev–Trinajstić information content (AvgIpc) is 3.32. The standard InChI is InChI=1S/C46H55N3O8S/c47-44(48)49-46(22-21-45(52)19-2-1-3-20-45)35-12-10-31(11-13-35)42-33-24-34(27-40(42)41(58(53,54)55)18-9-29-7-15-37(57-46)16-8-29)43-39-17-14-36(51)25-32(39)6-4-5-30(28-50)23-38(26-33)56-43/h7-8,10-17,25,27,30,33,38,40-43,50-52H,1-3,5,9,18-24,26,28H2,(H4,47,48,49)(H,53,54,55). The monoisotopic (exact) mass is 809 g/mol. The Morgan fingerprint density at radius 1 is 0.966 bits per heavy atom. The summed E-state index contributed by atoms with van der Waals surface area (Å²) in [6, 6.07) is 20.4. The molecule has 11 nitrogen and oxygen atoms in total. The van der Waals surface area contributed by atoms with Crippen molar-refractivity contribution in [1.29, 1.82) is 0 Å². The highest BCUT2D eigenvalue weighted by Crippen LogP contribution is 2.53. The number of nitrogens with zero attached hydrogens (tertiary/aromatic N) is 1. The molecule has 11 rings (SSSR count). The summed E-state index contributed by atoms with van der Waals surface area (Å²) in [5, 5.41) is 31.4. The van der Waals surface area contributed by atoms with Crippen molar-refractivity contribution in [2.24, 2.45) is 34.2 Å². The number of hydrogen-bond acceptors (Lipinski definition) is 8. The molecule has 8 bridgehead atoms. The van der Waals surface area contributed by atoms with Gasteiger partial charge in [-0.15, -0.1) is 0 Å². The van der Waals surface area contributed by atoms with E-state index >= 15 is 0 Å². The summed E-state index contributed by atoms with van der Waals surface area (Å²) < 4.78 is 52.2. The molecule has 0 radical (unpaired) electrons. The molecule has 0 amide bonds. The number of aliphatic hydroxyl groups excluding tert-OH is 1. The van der Waals surface area contributed by atoms with Crippen LogP contribution in [0.4, 0.5) is 0 Å². The summed E-state index contributed by atoms with van der Waals surface area (Å²) in [5.41, 5.74) is 14.9. The highest BCUT2D eigenvalue weighted by Gasteiger charge is 2.48. The maximum absolute atomic E-state index is 13.7. The minimum absolute atomic E-state index is 0.0598. The van der Waals surface area contributed by atoms with Gasteiger partial charge < -0.3 is 36.3 Å². The average molecular weight is 810 g/mol. The third kappa shape index (κ3) is 8.52. The SMILES string of the molecule is NC(N)=NC1(CCC2(O)CCCCC2)Oc2ccc(cc2)CCC(S(=O)(=O)O)C2C=C3CC(CC4CC(CO)CC#Cc5cc(O)ccc5C3O4)C2c2ccc1cc2. The van der Waals surface area contributed by atoms with E-state index < -0.39 is 38.7 Å². The zero-order valence-electron chi connectivity index (χ0n) is 32.8. The van der Waals surface area contributed by atoms with Gasteiger partial charge in [0.15, 0.2) is 5.96 Å². The number of aliphatic hydroxyl groups is 2. The van der Waals surface area contributed by atoms with E-state index in [2.05, 4.69) is 11.8 Å². The van der Waals surface area contributed by atoms with Crippen molar-refractivity contribution in [2.45, 2.75) is 118 Å². The second-order valence-electron chi connectivity index (χ2n) is 17.3. The van der Waals surface area contributed by atoms with E-state index in [9.17, 15) is 28.3 Å². The molecule has 0 spiro atoms. The Labute approximate surface area is 341 Å². The number of phenolic OH excluding ortho intramolecular Hbond substituents is 1. The molecule has 3 aromatic carbocycles. The van der Waals surface area contributed by atoms with Crippen LogP contribution < -0.4 is 16.2 Å². The number of guanidine groups is 1. The predicted molar refractivity (Wildman–Crippen MR) is 221 cm³/mol. The lowest BCUT2D eigenvalue weighted by atomic mass is 9.65. The zero-order chi connectivity index (χ0) is 40.7. The van der Waals surface area contributed by atoms with Gasteiger partial charge in [-0.1, -0.05) is 79.6 Å². The number of allylic oxidation sites excluding steroid dienone is 1. The number of fused-ring (bicyclic) bond motifs is 7. The smallest absolute Gasteiger partial charge is 0.268 e. The first-order valence-electron chi connectivity index (χ1n) is 20.8. The van der Waals surface area contributed by atoms with Crippen LogP contribution in [-0.2, 0) is 27.0 Å². The molecule has 8 unspecified atom stereocenters. The van der Waals surface area contributed by atoms with Gasteiger partial charge in [0, 0.05) is 42.1 Å². The van der Waals surface area contributed by atoms with Crippen LogP contribution in [0.2, 0.25) is 0 Å². The number of nitrogens with two attached hydrogens (primary N) is 2. The second-order valence-corrected chi connectivity index (χ2v) is 18.9. The fourth-order valence-corrected chi connectivity index (χ4v) is 11.5. The summed E-state index contributed by atoms with van der Waals surface area (Å²) in [4.78, 5) is 4.77. The number of aliphatic imine (C=N–C) groups is 1. The topological polar surface area (TPSA) is 198 Å². The molecule has 6 heterocycles. The molecular formula is C46H55N3O8S. The van der Waals surface area contributed by atoms with Crippen LogP contribution in [0.15, 0.2) is 83.4 Å². The van der Waals surface area contributed by atoms with Crippen LogP contribution >= 0.6 is 0 Å². The Bertz CT molecular complexity index is 2200. The second kappa shape index (κ2) is 16.3. The van der Waals surface area contributed by atoms with E-state index in [-0.39, 0.29) is 48.6 Å². The molecule has 2 fully saturated rings. The molecule has 6 aliphatic heterocycles. The third-order valence-corrected chi connectivity index (χ3v) is 14.7. The maximum Gasteiger partial charge on any atom is 0.268 e. The van der Waals surface area contributed by atoms with Crippen molar-refractivity contribution in [3.8, 4) is 23.3 Å². The number of aryl methyl sites for hydroxylation is 1. The number of phenols is 1. The molecule has 8 atom stereocenters. The Hall–Kier alpha value is -4.38. The van der Waals surface area contributed by atoms with Gasteiger partial charge in [-0.2, -0.15) is 8.42 Å². The van der Waals surface area contributed by atoms with Crippen molar-refractivity contribution in [2.75, 3.05) is 6.61 Å². The van der Waals surface area contributed by atoms with Gasteiger partial charge >= 0.3 is 0 Å². The lowest BCUT2D eigenvalue weighted by molar-refractivity contribution is -0.0311. The number of ether oxygens (including phenoxy) is 2.